The van der Waals surface area contributed by atoms with Crippen LogP contribution in [0.4, 0.5) is 5.69 Å². The highest BCUT2D eigenvalue weighted by molar-refractivity contribution is 7.90. The van der Waals surface area contributed by atoms with Crippen LogP contribution in [-0.2, 0) is 19.8 Å². The molecule has 1 fully saturated rings. The topological polar surface area (TPSA) is 104 Å². The normalized spacial score (nSPS) is 15.9. The molecule has 0 atom stereocenters. The van der Waals surface area contributed by atoms with E-state index in [0.29, 0.717) is 31.6 Å². The fraction of sp³-hybridized carbons (Fsp3) is 0.529. The van der Waals surface area contributed by atoms with Gasteiger partial charge in [0.05, 0.1) is 5.69 Å². The molecule has 0 saturated carbocycles. The van der Waals surface area contributed by atoms with Crippen molar-refractivity contribution in [2.24, 2.45) is 11.7 Å². The Bertz CT molecular complexity index is 753. The molecule has 0 aromatic heterocycles. The zero-order valence-corrected chi connectivity index (χ0v) is 16.2. The molecule has 9 heteroatoms. The number of carbonyl (C=O) groups excluding carboxylic acids is 2. The van der Waals surface area contributed by atoms with Crippen molar-refractivity contribution in [3.63, 3.8) is 0 Å². The maximum absolute atomic E-state index is 12.7. The van der Waals surface area contributed by atoms with Crippen molar-refractivity contribution in [2.75, 3.05) is 38.0 Å². The summed E-state index contributed by atoms with van der Waals surface area (Å²) in [4.78, 5) is 25.5. The first-order valence-corrected chi connectivity index (χ1v) is 9.86. The number of nitrogens with zero attached hydrogens (tertiary/aromatic N) is 3. The van der Waals surface area contributed by atoms with Crippen LogP contribution in [0.5, 0.6) is 0 Å². The Hall–Kier alpha value is -2.13. The third-order valence-corrected chi connectivity index (χ3v) is 6.41. The van der Waals surface area contributed by atoms with Gasteiger partial charge in [0.2, 0.25) is 11.8 Å². The number of carbonyl (C=O) groups is 2. The van der Waals surface area contributed by atoms with Crippen molar-refractivity contribution in [3.05, 3.63) is 29.8 Å². The molecule has 1 aliphatic heterocycles. The fourth-order valence-corrected chi connectivity index (χ4v) is 3.91. The van der Waals surface area contributed by atoms with E-state index in [1.807, 2.05) is 6.92 Å². The average Bonchev–Trinajstić information content (AvgIpc) is 2.60. The van der Waals surface area contributed by atoms with Crippen molar-refractivity contribution in [1.82, 2.24) is 9.21 Å². The van der Waals surface area contributed by atoms with Crippen molar-refractivity contribution in [1.29, 1.82) is 0 Å². The van der Waals surface area contributed by atoms with Gasteiger partial charge in [-0.25, -0.2) is 4.31 Å². The highest BCUT2D eigenvalue weighted by Crippen LogP contribution is 2.22. The molecular weight excluding hydrogens is 356 g/mol. The van der Waals surface area contributed by atoms with Gasteiger partial charge < -0.3 is 10.6 Å². The SMILES string of the molecule is Cc1ccc(N(CC(=O)N2CCC(C(N)=O)CC2)S(=O)(=O)N(C)C)cc1. The summed E-state index contributed by atoms with van der Waals surface area (Å²) < 4.78 is 27.6. The minimum Gasteiger partial charge on any atom is -0.369 e. The zero-order valence-electron chi connectivity index (χ0n) is 15.4. The van der Waals surface area contributed by atoms with Gasteiger partial charge in [0.25, 0.3) is 0 Å². The number of nitrogens with two attached hydrogens (primary N) is 1. The van der Waals surface area contributed by atoms with Crippen molar-refractivity contribution in [3.8, 4) is 0 Å². The van der Waals surface area contributed by atoms with Gasteiger partial charge in [0.1, 0.15) is 6.54 Å². The number of piperidine rings is 1. The van der Waals surface area contributed by atoms with Crippen LogP contribution in [0.2, 0.25) is 0 Å². The van der Waals surface area contributed by atoms with E-state index in [1.165, 1.54) is 14.1 Å². The molecule has 2 N–H and O–H groups in total. The van der Waals surface area contributed by atoms with E-state index >= 15 is 0 Å². The van der Waals surface area contributed by atoms with Crippen LogP contribution in [-0.4, -0.2) is 63.2 Å². The predicted octanol–water partition coefficient (Wildman–Crippen LogP) is 0.332. The molecule has 144 valence electrons. The van der Waals surface area contributed by atoms with Gasteiger partial charge in [-0.3, -0.25) is 9.59 Å². The molecular formula is C17H26N4O4S. The van der Waals surface area contributed by atoms with Crippen LogP contribution in [0.3, 0.4) is 0 Å². The van der Waals surface area contributed by atoms with Gasteiger partial charge in [-0.1, -0.05) is 17.7 Å². The lowest BCUT2D eigenvalue weighted by atomic mass is 9.96. The molecule has 1 aromatic carbocycles. The van der Waals surface area contributed by atoms with Gasteiger partial charge in [0.15, 0.2) is 0 Å². The molecule has 26 heavy (non-hydrogen) atoms. The summed E-state index contributed by atoms with van der Waals surface area (Å²) in [7, 11) is -0.958. The van der Waals surface area contributed by atoms with Gasteiger partial charge in [-0.15, -0.1) is 0 Å². The van der Waals surface area contributed by atoms with Crippen LogP contribution in [0.25, 0.3) is 0 Å². The van der Waals surface area contributed by atoms with Gasteiger partial charge in [0, 0.05) is 33.1 Å². The Morgan fingerprint density at radius 2 is 1.69 bits per heavy atom. The molecule has 0 bridgehead atoms. The molecule has 1 aliphatic rings. The highest BCUT2D eigenvalue weighted by atomic mass is 32.2. The van der Waals surface area contributed by atoms with Crippen LogP contribution in [0, 0.1) is 12.8 Å². The third kappa shape index (κ3) is 4.53. The summed E-state index contributed by atoms with van der Waals surface area (Å²) in [5.41, 5.74) is 6.74. The van der Waals surface area contributed by atoms with E-state index in [-0.39, 0.29) is 24.3 Å². The Labute approximate surface area is 154 Å². The van der Waals surface area contributed by atoms with Crippen LogP contribution < -0.4 is 10.0 Å². The molecule has 2 amide bonds. The van der Waals surface area contributed by atoms with Crippen molar-refractivity contribution in [2.45, 2.75) is 19.8 Å². The van der Waals surface area contributed by atoms with E-state index < -0.39 is 10.2 Å². The minimum absolute atomic E-state index is 0.224. The standard InChI is InChI=1S/C17H26N4O4S/c1-13-4-6-15(7-5-13)21(26(24,25)19(2)3)12-16(22)20-10-8-14(9-11-20)17(18)23/h4-7,14H,8-12H2,1-3H3,(H2,18,23). The molecule has 8 nitrogen and oxygen atoms in total. The number of anilines is 1. The van der Waals surface area contributed by atoms with Crippen molar-refractivity contribution >= 4 is 27.7 Å². The predicted molar refractivity (Wildman–Crippen MR) is 99.6 cm³/mol. The van der Waals surface area contributed by atoms with E-state index in [2.05, 4.69) is 0 Å². The molecule has 1 aromatic rings. The number of benzene rings is 1. The second-order valence-electron chi connectivity index (χ2n) is 6.69. The first-order chi connectivity index (χ1) is 12.1. The first-order valence-electron chi connectivity index (χ1n) is 8.47. The molecule has 0 radical (unpaired) electrons. The van der Waals surface area contributed by atoms with Gasteiger partial charge in [-0.2, -0.15) is 12.7 Å². The van der Waals surface area contributed by atoms with E-state index in [9.17, 15) is 18.0 Å². The number of aryl methyl sites for hydroxylation is 1. The third-order valence-electron chi connectivity index (χ3n) is 4.59. The van der Waals surface area contributed by atoms with Crippen LogP contribution in [0.1, 0.15) is 18.4 Å². The zero-order chi connectivity index (χ0) is 19.5. The fourth-order valence-electron chi connectivity index (χ4n) is 2.85. The molecule has 2 rings (SSSR count). The summed E-state index contributed by atoms with van der Waals surface area (Å²) in [6.07, 6.45) is 1.01. The lowest BCUT2D eigenvalue weighted by molar-refractivity contribution is -0.133. The Balaban J connectivity index is 2.18. The minimum atomic E-state index is -3.82. The molecule has 1 heterocycles. The second kappa shape index (κ2) is 8.05. The van der Waals surface area contributed by atoms with Gasteiger partial charge >= 0.3 is 10.2 Å². The number of hydrogen-bond acceptors (Lipinski definition) is 4. The van der Waals surface area contributed by atoms with E-state index in [1.54, 1.807) is 29.2 Å². The number of primary amides is 1. The van der Waals surface area contributed by atoms with Crippen molar-refractivity contribution < 1.29 is 18.0 Å². The monoisotopic (exact) mass is 382 g/mol. The van der Waals surface area contributed by atoms with Crippen LogP contribution >= 0.6 is 0 Å². The smallest absolute Gasteiger partial charge is 0.304 e. The number of amides is 2. The largest absolute Gasteiger partial charge is 0.369 e. The summed E-state index contributed by atoms with van der Waals surface area (Å²) in [5.74, 6) is -0.870. The Kier molecular flexibility index (Phi) is 6.25. The summed E-state index contributed by atoms with van der Waals surface area (Å²) >= 11 is 0. The quantitative estimate of drug-likeness (QED) is 0.766. The number of hydrogen-bond donors (Lipinski definition) is 1. The van der Waals surface area contributed by atoms with E-state index in [4.69, 9.17) is 5.73 Å². The Morgan fingerprint density at radius 3 is 2.15 bits per heavy atom. The summed E-state index contributed by atoms with van der Waals surface area (Å²) in [6.45, 7) is 2.42. The molecule has 0 spiro atoms. The second-order valence-corrected chi connectivity index (χ2v) is 8.76. The Morgan fingerprint density at radius 1 is 1.15 bits per heavy atom. The lowest BCUT2D eigenvalue weighted by Gasteiger charge is -2.33. The van der Waals surface area contributed by atoms with Gasteiger partial charge in [-0.05, 0) is 31.9 Å². The highest BCUT2D eigenvalue weighted by Gasteiger charge is 2.31. The lowest BCUT2D eigenvalue weighted by Crippen LogP contribution is -2.49. The van der Waals surface area contributed by atoms with E-state index in [0.717, 1.165) is 14.2 Å². The maximum atomic E-state index is 12.7. The number of rotatable bonds is 6. The summed E-state index contributed by atoms with van der Waals surface area (Å²) in [6, 6.07) is 6.97. The molecule has 0 aliphatic carbocycles. The summed E-state index contributed by atoms with van der Waals surface area (Å²) in [5, 5.41) is 0. The van der Waals surface area contributed by atoms with Crippen LogP contribution in [0.15, 0.2) is 24.3 Å². The molecule has 0 unspecified atom stereocenters. The average molecular weight is 382 g/mol. The maximum Gasteiger partial charge on any atom is 0.304 e. The number of likely N-dealkylation sites (tertiary alicyclic amines) is 1. The first kappa shape index (κ1) is 20.2. The molecule has 1 saturated heterocycles.